The number of aromatic nitrogens is 3. The molecule has 0 saturated heterocycles. The van der Waals surface area contributed by atoms with Crippen LogP contribution in [0.25, 0.3) is 33.1 Å². The third-order valence-corrected chi connectivity index (χ3v) is 3.59. The first-order valence-electron chi connectivity index (χ1n) is 6.55. The van der Waals surface area contributed by atoms with E-state index in [4.69, 9.17) is 5.73 Å². The molecule has 4 N–H and O–H groups in total. The van der Waals surface area contributed by atoms with Gasteiger partial charge in [-0.05, 0) is 36.4 Å². The number of fused-ring (bicyclic) bond motifs is 2. The third-order valence-electron chi connectivity index (χ3n) is 3.59. The number of aromatic amines is 1. The Balaban J connectivity index is 2.07. The number of hydrogen-bond donors (Lipinski definition) is 3. The molecule has 102 valence electrons. The molecule has 0 aliphatic rings. The molecular formula is C16H12N4O. The summed E-state index contributed by atoms with van der Waals surface area (Å²) < 4.78 is 0. The Bertz CT molecular complexity index is 975. The highest BCUT2D eigenvalue weighted by Crippen LogP contribution is 2.35. The SMILES string of the molecule is Nc1ccc2c(-c3ccc(O)c4ncccc34)n[nH]c2c1. The molecule has 0 spiro atoms. The molecule has 2 heterocycles. The number of aromatic hydroxyl groups is 1. The van der Waals surface area contributed by atoms with Gasteiger partial charge in [0.1, 0.15) is 17.0 Å². The van der Waals surface area contributed by atoms with Gasteiger partial charge in [-0.1, -0.05) is 6.07 Å². The largest absolute Gasteiger partial charge is 0.506 e. The van der Waals surface area contributed by atoms with Crippen LogP contribution >= 0.6 is 0 Å². The summed E-state index contributed by atoms with van der Waals surface area (Å²) in [5.74, 6) is 0.165. The van der Waals surface area contributed by atoms with Crippen molar-refractivity contribution in [3.05, 3.63) is 48.7 Å². The number of rotatable bonds is 1. The van der Waals surface area contributed by atoms with Crippen molar-refractivity contribution < 1.29 is 5.11 Å². The number of benzene rings is 2. The van der Waals surface area contributed by atoms with Crippen molar-refractivity contribution in [2.24, 2.45) is 0 Å². The summed E-state index contributed by atoms with van der Waals surface area (Å²) in [6.45, 7) is 0. The fraction of sp³-hybridized carbons (Fsp3) is 0. The summed E-state index contributed by atoms with van der Waals surface area (Å²) >= 11 is 0. The van der Waals surface area contributed by atoms with Crippen molar-refractivity contribution in [1.82, 2.24) is 15.2 Å². The molecule has 2 aromatic heterocycles. The highest BCUT2D eigenvalue weighted by molar-refractivity contribution is 6.04. The predicted molar refractivity (Wildman–Crippen MR) is 82.9 cm³/mol. The lowest BCUT2D eigenvalue weighted by molar-refractivity contribution is 0.480. The fourth-order valence-electron chi connectivity index (χ4n) is 2.61. The Morgan fingerprint density at radius 2 is 1.95 bits per heavy atom. The number of phenolic OH excluding ortho intramolecular Hbond substituents is 1. The van der Waals surface area contributed by atoms with Gasteiger partial charge in [-0.15, -0.1) is 0 Å². The molecule has 4 aromatic rings. The van der Waals surface area contributed by atoms with Gasteiger partial charge >= 0.3 is 0 Å². The average molecular weight is 276 g/mol. The van der Waals surface area contributed by atoms with Gasteiger partial charge in [-0.25, -0.2) is 0 Å². The molecule has 0 unspecified atom stereocenters. The highest BCUT2D eigenvalue weighted by Gasteiger charge is 2.13. The van der Waals surface area contributed by atoms with Crippen LogP contribution in [0.5, 0.6) is 5.75 Å². The molecule has 0 atom stereocenters. The lowest BCUT2D eigenvalue weighted by Crippen LogP contribution is -1.86. The van der Waals surface area contributed by atoms with E-state index in [1.165, 1.54) is 0 Å². The molecule has 0 radical (unpaired) electrons. The van der Waals surface area contributed by atoms with Gasteiger partial charge in [0.2, 0.25) is 0 Å². The van der Waals surface area contributed by atoms with Crippen LogP contribution < -0.4 is 5.73 Å². The first-order chi connectivity index (χ1) is 10.2. The van der Waals surface area contributed by atoms with E-state index in [-0.39, 0.29) is 5.75 Å². The number of nitrogens with two attached hydrogens (primary N) is 1. The maximum atomic E-state index is 9.94. The smallest absolute Gasteiger partial charge is 0.141 e. The Labute approximate surface area is 120 Å². The second-order valence-electron chi connectivity index (χ2n) is 4.91. The van der Waals surface area contributed by atoms with E-state index in [0.29, 0.717) is 11.2 Å². The number of hydrogen-bond acceptors (Lipinski definition) is 4. The predicted octanol–water partition coefficient (Wildman–Crippen LogP) is 3.07. The highest BCUT2D eigenvalue weighted by atomic mass is 16.3. The second kappa shape index (κ2) is 4.21. The summed E-state index contributed by atoms with van der Waals surface area (Å²) in [4.78, 5) is 4.24. The van der Waals surface area contributed by atoms with Gasteiger partial charge in [-0.3, -0.25) is 10.1 Å². The minimum Gasteiger partial charge on any atom is -0.506 e. The van der Waals surface area contributed by atoms with Crippen LogP contribution in [-0.2, 0) is 0 Å². The molecule has 4 rings (SSSR count). The van der Waals surface area contributed by atoms with Gasteiger partial charge in [0.15, 0.2) is 0 Å². The summed E-state index contributed by atoms with van der Waals surface area (Å²) in [6, 6.07) is 12.9. The molecule has 0 aliphatic carbocycles. The zero-order chi connectivity index (χ0) is 14.4. The Kier molecular flexibility index (Phi) is 2.35. The molecule has 2 aromatic carbocycles. The number of H-pyrrole nitrogens is 1. The number of phenols is 1. The molecule has 0 saturated carbocycles. The standard InChI is InChI=1S/C16H12N4O/c17-9-3-4-12-13(8-9)19-20-15(12)11-5-6-14(21)16-10(11)2-1-7-18-16/h1-8,21H,17H2,(H,19,20). The quantitative estimate of drug-likeness (QED) is 0.466. The van der Waals surface area contributed by atoms with E-state index in [1.807, 2.05) is 36.4 Å². The van der Waals surface area contributed by atoms with Crippen LogP contribution in [0.2, 0.25) is 0 Å². The van der Waals surface area contributed by atoms with Crippen LogP contribution in [-0.4, -0.2) is 20.3 Å². The molecule has 21 heavy (non-hydrogen) atoms. The van der Waals surface area contributed by atoms with Gasteiger partial charge in [0.05, 0.1) is 5.52 Å². The van der Waals surface area contributed by atoms with E-state index < -0.39 is 0 Å². The Morgan fingerprint density at radius 3 is 2.86 bits per heavy atom. The zero-order valence-electron chi connectivity index (χ0n) is 11.0. The summed E-state index contributed by atoms with van der Waals surface area (Å²) in [5, 5.41) is 19.2. The van der Waals surface area contributed by atoms with Gasteiger partial charge in [0.25, 0.3) is 0 Å². The van der Waals surface area contributed by atoms with Crippen LogP contribution in [0.3, 0.4) is 0 Å². The van der Waals surface area contributed by atoms with Crippen molar-refractivity contribution in [2.45, 2.75) is 0 Å². The van der Waals surface area contributed by atoms with E-state index in [2.05, 4.69) is 15.2 Å². The van der Waals surface area contributed by atoms with E-state index in [0.717, 1.165) is 27.5 Å². The molecular weight excluding hydrogens is 264 g/mol. The number of anilines is 1. The zero-order valence-corrected chi connectivity index (χ0v) is 11.0. The second-order valence-corrected chi connectivity index (χ2v) is 4.91. The van der Waals surface area contributed by atoms with Gasteiger partial charge in [0, 0.05) is 28.2 Å². The Hall–Kier alpha value is -3.08. The molecule has 0 bridgehead atoms. The average Bonchev–Trinajstić information content (AvgIpc) is 2.91. The fourth-order valence-corrected chi connectivity index (χ4v) is 2.61. The van der Waals surface area contributed by atoms with Crippen molar-refractivity contribution in [1.29, 1.82) is 0 Å². The Morgan fingerprint density at radius 1 is 1.05 bits per heavy atom. The van der Waals surface area contributed by atoms with Crippen LogP contribution in [0, 0.1) is 0 Å². The molecule has 0 fully saturated rings. The van der Waals surface area contributed by atoms with Crippen molar-refractivity contribution in [3.63, 3.8) is 0 Å². The topological polar surface area (TPSA) is 87.8 Å². The summed E-state index contributed by atoms with van der Waals surface area (Å²) in [7, 11) is 0. The number of nitrogens with one attached hydrogen (secondary N) is 1. The summed E-state index contributed by atoms with van der Waals surface area (Å²) in [5.41, 5.74) is 9.68. The van der Waals surface area contributed by atoms with E-state index in [9.17, 15) is 5.11 Å². The number of nitrogen functional groups attached to an aromatic ring is 1. The minimum atomic E-state index is 0.165. The normalized spacial score (nSPS) is 11.2. The summed E-state index contributed by atoms with van der Waals surface area (Å²) in [6.07, 6.45) is 1.66. The third kappa shape index (κ3) is 1.71. The number of nitrogens with zero attached hydrogens (tertiary/aromatic N) is 2. The maximum absolute atomic E-state index is 9.94. The van der Waals surface area contributed by atoms with Crippen molar-refractivity contribution in [2.75, 3.05) is 5.73 Å². The van der Waals surface area contributed by atoms with Crippen molar-refractivity contribution >= 4 is 27.5 Å². The number of pyridine rings is 1. The molecule has 5 nitrogen and oxygen atoms in total. The molecule has 5 heteroatoms. The molecule has 0 aliphatic heterocycles. The van der Waals surface area contributed by atoms with Crippen LogP contribution in [0.1, 0.15) is 0 Å². The van der Waals surface area contributed by atoms with Gasteiger partial charge < -0.3 is 10.8 Å². The van der Waals surface area contributed by atoms with Crippen molar-refractivity contribution in [3.8, 4) is 17.0 Å². The van der Waals surface area contributed by atoms with Crippen LogP contribution in [0.15, 0.2) is 48.7 Å². The first kappa shape index (κ1) is 11.7. The maximum Gasteiger partial charge on any atom is 0.141 e. The van der Waals surface area contributed by atoms with E-state index >= 15 is 0 Å². The molecule has 0 amide bonds. The van der Waals surface area contributed by atoms with E-state index in [1.54, 1.807) is 12.3 Å². The lowest BCUT2D eigenvalue weighted by atomic mass is 10.0. The lowest BCUT2D eigenvalue weighted by Gasteiger charge is -2.05. The van der Waals surface area contributed by atoms with Crippen LogP contribution in [0.4, 0.5) is 5.69 Å². The van der Waals surface area contributed by atoms with Gasteiger partial charge in [-0.2, -0.15) is 5.10 Å². The monoisotopic (exact) mass is 276 g/mol. The minimum absolute atomic E-state index is 0.165. The first-order valence-corrected chi connectivity index (χ1v) is 6.55.